The minimum atomic E-state index is -4.14. The van der Waals surface area contributed by atoms with E-state index in [-0.39, 0.29) is 17.0 Å². The SMILES string of the molecule is CCCCCCC(=O)NS(=O)(=O)c1ccccc1NC(=O)c1ccc(OCc2ccccc2)cc1. The first-order valence-corrected chi connectivity index (χ1v) is 13.1. The summed E-state index contributed by atoms with van der Waals surface area (Å²) in [6.45, 7) is 2.46. The first kappa shape index (κ1) is 26.0. The van der Waals surface area contributed by atoms with Crippen LogP contribution in [0.5, 0.6) is 5.75 Å². The lowest BCUT2D eigenvalue weighted by Crippen LogP contribution is -2.31. The van der Waals surface area contributed by atoms with Gasteiger partial charge in [0, 0.05) is 12.0 Å². The van der Waals surface area contributed by atoms with Crippen LogP contribution in [0.2, 0.25) is 0 Å². The highest BCUT2D eigenvalue weighted by molar-refractivity contribution is 7.90. The number of hydrogen-bond donors (Lipinski definition) is 2. The monoisotopic (exact) mass is 494 g/mol. The van der Waals surface area contributed by atoms with E-state index in [0.717, 1.165) is 24.8 Å². The molecule has 3 rings (SSSR count). The average Bonchev–Trinajstić information content (AvgIpc) is 2.86. The number of carbonyl (C=O) groups excluding carboxylic acids is 2. The van der Waals surface area contributed by atoms with Gasteiger partial charge in [-0.05, 0) is 48.4 Å². The van der Waals surface area contributed by atoms with Crippen LogP contribution in [-0.4, -0.2) is 20.2 Å². The fraction of sp³-hybridized carbons (Fsp3) is 0.259. The van der Waals surface area contributed by atoms with Crippen molar-refractivity contribution in [3.63, 3.8) is 0 Å². The van der Waals surface area contributed by atoms with Crippen molar-refractivity contribution in [1.29, 1.82) is 0 Å². The van der Waals surface area contributed by atoms with E-state index >= 15 is 0 Å². The smallest absolute Gasteiger partial charge is 0.266 e. The molecular formula is C27H30N2O5S. The molecule has 0 aromatic heterocycles. The molecule has 0 radical (unpaired) electrons. The molecule has 8 heteroatoms. The summed E-state index contributed by atoms with van der Waals surface area (Å²) in [5.41, 5.74) is 1.46. The van der Waals surface area contributed by atoms with Gasteiger partial charge in [0.2, 0.25) is 5.91 Å². The molecule has 0 spiro atoms. The van der Waals surface area contributed by atoms with E-state index in [4.69, 9.17) is 4.74 Å². The van der Waals surface area contributed by atoms with Gasteiger partial charge in [-0.2, -0.15) is 0 Å². The van der Waals surface area contributed by atoms with Crippen LogP contribution in [0.15, 0.2) is 83.8 Å². The van der Waals surface area contributed by atoms with Crippen LogP contribution in [0.1, 0.15) is 54.9 Å². The van der Waals surface area contributed by atoms with Crippen LogP contribution in [0, 0.1) is 0 Å². The number of nitrogens with one attached hydrogen (secondary N) is 2. The summed E-state index contributed by atoms with van der Waals surface area (Å²) in [5.74, 6) is -0.434. The molecular weight excluding hydrogens is 464 g/mol. The second-order valence-electron chi connectivity index (χ2n) is 8.09. The second-order valence-corrected chi connectivity index (χ2v) is 9.74. The molecule has 0 atom stereocenters. The minimum absolute atomic E-state index is 0.0909. The standard InChI is InChI=1S/C27H30N2O5S/c1-2-3-4-8-15-26(30)29-35(32,33)25-14-10-9-13-24(25)28-27(31)22-16-18-23(19-17-22)34-20-21-11-6-5-7-12-21/h5-7,9-14,16-19H,2-4,8,15,20H2,1H3,(H,28,31)(H,29,30). The third-order valence-corrected chi connectivity index (χ3v) is 6.73. The van der Waals surface area contributed by atoms with Gasteiger partial charge in [0.1, 0.15) is 17.3 Å². The molecule has 0 heterocycles. The van der Waals surface area contributed by atoms with Crippen molar-refractivity contribution in [3.05, 3.63) is 90.0 Å². The highest BCUT2D eigenvalue weighted by Crippen LogP contribution is 2.22. The van der Waals surface area contributed by atoms with Crippen molar-refractivity contribution < 1.29 is 22.7 Å². The Kier molecular flexibility index (Phi) is 9.43. The van der Waals surface area contributed by atoms with Gasteiger partial charge in [-0.25, -0.2) is 13.1 Å². The van der Waals surface area contributed by atoms with Crippen molar-refractivity contribution >= 4 is 27.5 Å². The molecule has 35 heavy (non-hydrogen) atoms. The molecule has 0 bridgehead atoms. The largest absolute Gasteiger partial charge is 0.489 e. The lowest BCUT2D eigenvalue weighted by molar-refractivity contribution is -0.119. The van der Waals surface area contributed by atoms with E-state index in [9.17, 15) is 18.0 Å². The molecule has 3 aromatic carbocycles. The van der Waals surface area contributed by atoms with E-state index in [1.54, 1.807) is 30.3 Å². The molecule has 3 aromatic rings. The number of ether oxygens (including phenoxy) is 1. The summed E-state index contributed by atoms with van der Waals surface area (Å²) in [6, 6.07) is 22.3. The van der Waals surface area contributed by atoms with Crippen LogP contribution in [0.3, 0.4) is 0 Å². The van der Waals surface area contributed by atoms with Crippen LogP contribution in [0.25, 0.3) is 0 Å². The summed E-state index contributed by atoms with van der Waals surface area (Å²) in [7, 11) is -4.14. The first-order valence-electron chi connectivity index (χ1n) is 11.6. The summed E-state index contributed by atoms with van der Waals surface area (Å²) in [5, 5.41) is 2.63. The van der Waals surface area contributed by atoms with Gasteiger partial charge in [-0.1, -0.05) is 68.7 Å². The topological polar surface area (TPSA) is 102 Å². The van der Waals surface area contributed by atoms with Crippen molar-refractivity contribution in [3.8, 4) is 5.75 Å². The Balaban J connectivity index is 1.63. The zero-order valence-electron chi connectivity index (χ0n) is 19.7. The Morgan fingerprint density at radius 3 is 2.23 bits per heavy atom. The molecule has 2 amide bonds. The van der Waals surface area contributed by atoms with E-state index in [1.165, 1.54) is 18.2 Å². The molecule has 0 aliphatic heterocycles. The molecule has 0 unspecified atom stereocenters. The molecule has 184 valence electrons. The number of hydrogen-bond acceptors (Lipinski definition) is 5. The maximum absolute atomic E-state index is 12.8. The normalized spacial score (nSPS) is 11.0. The number of rotatable bonds is 12. The average molecular weight is 495 g/mol. The number of sulfonamides is 1. The van der Waals surface area contributed by atoms with Gasteiger partial charge in [0.25, 0.3) is 15.9 Å². The number of amides is 2. The Bertz CT molecular complexity index is 1230. The molecule has 0 saturated carbocycles. The third kappa shape index (κ3) is 7.96. The second kappa shape index (κ2) is 12.7. The molecule has 7 nitrogen and oxygen atoms in total. The van der Waals surface area contributed by atoms with Gasteiger partial charge in [0.15, 0.2) is 0 Å². The molecule has 0 fully saturated rings. The summed E-state index contributed by atoms with van der Waals surface area (Å²) in [4.78, 5) is 24.7. The van der Waals surface area contributed by atoms with Gasteiger partial charge in [-0.15, -0.1) is 0 Å². The van der Waals surface area contributed by atoms with Gasteiger partial charge in [0.05, 0.1) is 5.69 Å². The number of carbonyl (C=O) groups is 2. The molecule has 0 aliphatic rings. The maximum atomic E-state index is 12.8. The van der Waals surface area contributed by atoms with E-state index in [0.29, 0.717) is 24.3 Å². The van der Waals surface area contributed by atoms with Gasteiger partial charge in [-0.3, -0.25) is 9.59 Å². The molecule has 0 aliphatic carbocycles. The quantitative estimate of drug-likeness (QED) is 0.333. The Labute approximate surface area is 206 Å². The van der Waals surface area contributed by atoms with Crippen molar-refractivity contribution in [1.82, 2.24) is 4.72 Å². The number of anilines is 1. The number of unbranched alkanes of at least 4 members (excludes halogenated alkanes) is 3. The lowest BCUT2D eigenvalue weighted by Gasteiger charge is -2.13. The van der Waals surface area contributed by atoms with Crippen molar-refractivity contribution in [2.75, 3.05) is 5.32 Å². The number of benzene rings is 3. The van der Waals surface area contributed by atoms with Crippen molar-refractivity contribution in [2.45, 2.75) is 50.5 Å². The van der Waals surface area contributed by atoms with E-state index < -0.39 is 21.8 Å². The maximum Gasteiger partial charge on any atom is 0.266 e. The van der Waals surface area contributed by atoms with Crippen LogP contribution in [0.4, 0.5) is 5.69 Å². The third-order valence-electron chi connectivity index (χ3n) is 5.30. The zero-order chi connectivity index (χ0) is 25.1. The van der Waals surface area contributed by atoms with Gasteiger partial charge < -0.3 is 10.1 Å². The number of para-hydroxylation sites is 1. The molecule has 2 N–H and O–H groups in total. The highest BCUT2D eigenvalue weighted by Gasteiger charge is 2.22. The van der Waals surface area contributed by atoms with E-state index in [1.807, 2.05) is 30.3 Å². The lowest BCUT2D eigenvalue weighted by atomic mass is 10.1. The van der Waals surface area contributed by atoms with Crippen LogP contribution in [-0.2, 0) is 21.4 Å². The summed E-state index contributed by atoms with van der Waals surface area (Å²) < 4.78 is 33.4. The summed E-state index contributed by atoms with van der Waals surface area (Å²) >= 11 is 0. The van der Waals surface area contributed by atoms with Crippen LogP contribution >= 0.6 is 0 Å². The van der Waals surface area contributed by atoms with Crippen LogP contribution < -0.4 is 14.8 Å². The zero-order valence-corrected chi connectivity index (χ0v) is 20.5. The first-order chi connectivity index (χ1) is 16.9. The predicted molar refractivity (Wildman–Crippen MR) is 136 cm³/mol. The molecule has 0 saturated heterocycles. The van der Waals surface area contributed by atoms with Gasteiger partial charge >= 0.3 is 0 Å². The Morgan fingerprint density at radius 2 is 1.51 bits per heavy atom. The Morgan fingerprint density at radius 1 is 0.829 bits per heavy atom. The fourth-order valence-corrected chi connectivity index (χ4v) is 4.59. The summed E-state index contributed by atoms with van der Waals surface area (Å²) in [6.07, 6.45) is 3.64. The minimum Gasteiger partial charge on any atom is -0.489 e. The predicted octanol–water partition coefficient (Wildman–Crippen LogP) is 5.29. The Hall–Kier alpha value is -3.65. The highest BCUT2D eigenvalue weighted by atomic mass is 32.2. The van der Waals surface area contributed by atoms with E-state index in [2.05, 4.69) is 17.0 Å². The fourth-order valence-electron chi connectivity index (χ4n) is 3.41. The van der Waals surface area contributed by atoms with Crippen molar-refractivity contribution in [2.24, 2.45) is 0 Å².